The molecule has 1 atom stereocenters. The molecule has 2 aromatic rings. The number of rotatable bonds is 4. The molecule has 0 bridgehead atoms. The van der Waals surface area contributed by atoms with Crippen LogP contribution < -0.4 is 10.1 Å². The van der Waals surface area contributed by atoms with Gasteiger partial charge in [0.2, 0.25) is 0 Å². The largest absolute Gasteiger partial charge is 0.467 e. The summed E-state index contributed by atoms with van der Waals surface area (Å²) in [5.41, 5.74) is 4.12. The smallest absolute Gasteiger partial charge is 0.334 e. The molecule has 1 aliphatic rings. The van der Waals surface area contributed by atoms with Crippen LogP contribution in [0, 0.1) is 6.92 Å². The quantitative estimate of drug-likeness (QED) is 0.757. The maximum Gasteiger partial charge on any atom is 0.334 e. The molecule has 0 aliphatic carbocycles. The van der Waals surface area contributed by atoms with Crippen LogP contribution in [0.5, 0.6) is 0 Å². The third-order valence-electron chi connectivity index (χ3n) is 4.04. The first-order valence-corrected chi connectivity index (χ1v) is 9.46. The minimum Gasteiger partial charge on any atom is -0.467 e. The van der Waals surface area contributed by atoms with Gasteiger partial charge in [-0.15, -0.1) is 0 Å². The Morgan fingerprint density at radius 2 is 1.78 bits per heavy atom. The highest BCUT2D eigenvalue weighted by molar-refractivity contribution is 7.90. The number of aryl methyl sites for hydroxylation is 1. The van der Waals surface area contributed by atoms with E-state index >= 15 is 0 Å². The van der Waals surface area contributed by atoms with Gasteiger partial charge in [0, 0.05) is 5.56 Å². The fourth-order valence-corrected chi connectivity index (χ4v) is 3.59. The molecule has 9 heteroatoms. The maximum atomic E-state index is 12.6. The van der Waals surface area contributed by atoms with Gasteiger partial charge in [-0.1, -0.05) is 42.0 Å². The number of carbonyl (C=O) groups is 2. The normalized spacial score (nSPS) is 15.8. The summed E-state index contributed by atoms with van der Waals surface area (Å²) < 4.78 is 31.6. The van der Waals surface area contributed by atoms with E-state index in [1.54, 1.807) is 36.4 Å². The predicted octanol–water partition coefficient (Wildman–Crippen LogP) is 1.02. The fraction of sp³-hybridized carbons (Fsp3) is 0.167. The Hall–Kier alpha value is -3.20. The lowest BCUT2D eigenvalue weighted by molar-refractivity contribution is -0.143. The number of sulfonamides is 1. The first kappa shape index (κ1) is 18.6. The van der Waals surface area contributed by atoms with E-state index in [0.29, 0.717) is 11.1 Å². The van der Waals surface area contributed by atoms with Crippen molar-refractivity contribution in [2.45, 2.75) is 17.9 Å². The van der Waals surface area contributed by atoms with Crippen molar-refractivity contribution < 1.29 is 22.7 Å². The van der Waals surface area contributed by atoms with Gasteiger partial charge in [-0.05, 0) is 24.6 Å². The van der Waals surface area contributed by atoms with Gasteiger partial charge < -0.3 is 4.74 Å². The van der Waals surface area contributed by atoms with Crippen LogP contribution in [0.1, 0.15) is 22.7 Å². The van der Waals surface area contributed by atoms with Gasteiger partial charge in [-0.2, -0.15) is 5.10 Å². The number of benzene rings is 2. The van der Waals surface area contributed by atoms with E-state index in [0.717, 1.165) is 5.56 Å². The molecule has 2 aromatic carbocycles. The van der Waals surface area contributed by atoms with Crippen LogP contribution in [-0.4, -0.2) is 33.1 Å². The van der Waals surface area contributed by atoms with Crippen molar-refractivity contribution in [3.8, 4) is 0 Å². The summed E-state index contributed by atoms with van der Waals surface area (Å²) in [4.78, 5) is 24.4. The van der Waals surface area contributed by atoms with Crippen LogP contribution in [0.15, 0.2) is 58.5 Å². The highest BCUT2D eigenvalue weighted by Gasteiger charge is 2.32. The van der Waals surface area contributed by atoms with Crippen molar-refractivity contribution in [2.75, 3.05) is 7.11 Å². The van der Waals surface area contributed by atoms with Gasteiger partial charge in [-0.3, -0.25) is 10.2 Å². The second-order valence-corrected chi connectivity index (χ2v) is 7.56. The molecular formula is C18H17N3O5S. The highest BCUT2D eigenvalue weighted by Crippen LogP contribution is 2.24. The molecule has 0 spiro atoms. The van der Waals surface area contributed by atoms with Gasteiger partial charge in [0.1, 0.15) is 0 Å². The molecule has 1 unspecified atom stereocenters. The summed E-state index contributed by atoms with van der Waals surface area (Å²) in [5.74, 6) is -1.48. The predicted molar refractivity (Wildman–Crippen MR) is 97.4 cm³/mol. The SMILES string of the molecule is COC(=O)C1NN=C(C(=O)NS(=O)(=O)c2ccc(C)cc2)c2ccccc21. The molecule has 0 fully saturated rings. The zero-order valence-corrected chi connectivity index (χ0v) is 15.4. The Bertz CT molecular complexity index is 1030. The van der Waals surface area contributed by atoms with Crippen molar-refractivity contribution in [3.05, 3.63) is 65.2 Å². The van der Waals surface area contributed by atoms with E-state index in [2.05, 4.69) is 10.5 Å². The van der Waals surface area contributed by atoms with E-state index < -0.39 is 27.9 Å². The Kier molecular flexibility index (Phi) is 4.95. The number of hydrazone groups is 1. The zero-order chi connectivity index (χ0) is 19.6. The van der Waals surface area contributed by atoms with E-state index in [1.807, 2.05) is 11.6 Å². The summed E-state index contributed by atoms with van der Waals surface area (Å²) in [6.07, 6.45) is 0. The van der Waals surface area contributed by atoms with Crippen molar-refractivity contribution >= 4 is 27.6 Å². The van der Waals surface area contributed by atoms with Crippen LogP contribution in [0.4, 0.5) is 0 Å². The van der Waals surface area contributed by atoms with E-state index in [4.69, 9.17) is 4.74 Å². The molecule has 0 aromatic heterocycles. The van der Waals surface area contributed by atoms with Gasteiger partial charge in [-0.25, -0.2) is 17.9 Å². The Morgan fingerprint density at radius 1 is 1.11 bits per heavy atom. The van der Waals surface area contributed by atoms with Crippen LogP contribution in [0.2, 0.25) is 0 Å². The monoisotopic (exact) mass is 387 g/mol. The summed E-state index contributed by atoms with van der Waals surface area (Å²) >= 11 is 0. The molecule has 1 amide bonds. The number of hydrogen-bond donors (Lipinski definition) is 2. The van der Waals surface area contributed by atoms with E-state index in [1.165, 1.54) is 19.2 Å². The number of carbonyl (C=O) groups excluding carboxylic acids is 2. The Balaban J connectivity index is 1.90. The van der Waals surface area contributed by atoms with Crippen LogP contribution in [0.3, 0.4) is 0 Å². The number of fused-ring (bicyclic) bond motifs is 1. The first-order chi connectivity index (χ1) is 12.8. The number of nitrogens with one attached hydrogen (secondary N) is 2. The summed E-state index contributed by atoms with van der Waals surface area (Å²) in [7, 11) is -2.82. The van der Waals surface area contributed by atoms with Crippen molar-refractivity contribution in [1.82, 2.24) is 10.1 Å². The molecule has 3 rings (SSSR count). The Labute approximate surface area is 156 Å². The number of amides is 1. The number of methoxy groups -OCH3 is 1. The second kappa shape index (κ2) is 7.20. The van der Waals surface area contributed by atoms with E-state index in [9.17, 15) is 18.0 Å². The third-order valence-corrected chi connectivity index (χ3v) is 5.39. The van der Waals surface area contributed by atoms with Gasteiger partial charge in [0.05, 0.1) is 12.0 Å². The molecule has 27 heavy (non-hydrogen) atoms. The minimum absolute atomic E-state index is 0.0356. The lowest BCUT2D eigenvalue weighted by Gasteiger charge is -2.23. The third kappa shape index (κ3) is 3.68. The lowest BCUT2D eigenvalue weighted by atomic mass is 9.95. The second-order valence-electron chi connectivity index (χ2n) is 5.88. The molecule has 0 saturated heterocycles. The topological polar surface area (TPSA) is 114 Å². The van der Waals surface area contributed by atoms with Gasteiger partial charge in [0.15, 0.2) is 11.8 Å². The molecule has 140 valence electrons. The fourth-order valence-electron chi connectivity index (χ4n) is 2.64. The molecule has 8 nitrogen and oxygen atoms in total. The number of hydrogen-bond acceptors (Lipinski definition) is 7. The van der Waals surface area contributed by atoms with Crippen LogP contribution in [-0.2, 0) is 24.3 Å². The van der Waals surface area contributed by atoms with E-state index in [-0.39, 0.29) is 10.6 Å². The molecule has 0 saturated carbocycles. The Morgan fingerprint density at radius 3 is 2.44 bits per heavy atom. The van der Waals surface area contributed by atoms with Crippen LogP contribution in [0.25, 0.3) is 0 Å². The molecule has 1 heterocycles. The maximum absolute atomic E-state index is 12.6. The number of nitrogens with zero attached hydrogens (tertiary/aromatic N) is 1. The van der Waals surface area contributed by atoms with Gasteiger partial charge >= 0.3 is 5.97 Å². The van der Waals surface area contributed by atoms with Crippen LogP contribution >= 0.6 is 0 Å². The molecule has 0 radical (unpaired) electrons. The van der Waals surface area contributed by atoms with Gasteiger partial charge in [0.25, 0.3) is 15.9 Å². The summed E-state index contributed by atoms with van der Waals surface area (Å²) in [5, 5.41) is 3.90. The van der Waals surface area contributed by atoms with Crippen molar-refractivity contribution in [3.63, 3.8) is 0 Å². The highest BCUT2D eigenvalue weighted by atomic mass is 32.2. The lowest BCUT2D eigenvalue weighted by Crippen LogP contribution is -2.41. The number of esters is 1. The van der Waals surface area contributed by atoms with Crippen molar-refractivity contribution in [1.29, 1.82) is 0 Å². The summed E-state index contributed by atoms with van der Waals surface area (Å²) in [6.45, 7) is 1.83. The number of ether oxygens (including phenoxy) is 1. The average Bonchev–Trinajstić information content (AvgIpc) is 2.66. The molecular weight excluding hydrogens is 370 g/mol. The minimum atomic E-state index is -4.06. The molecule has 2 N–H and O–H groups in total. The standard InChI is InChI=1S/C18H17N3O5S/c1-11-7-9-12(10-8-11)27(24,25)21-17(22)15-13-5-3-4-6-14(13)16(20-19-15)18(23)26-2/h3-10,16,20H,1-2H3,(H,21,22). The van der Waals surface area contributed by atoms with Crippen molar-refractivity contribution in [2.24, 2.45) is 5.10 Å². The summed E-state index contributed by atoms with van der Waals surface area (Å²) in [6, 6.07) is 11.8. The zero-order valence-electron chi connectivity index (χ0n) is 14.6. The molecule has 1 aliphatic heterocycles. The average molecular weight is 387 g/mol. The first-order valence-electron chi connectivity index (χ1n) is 7.97.